The maximum atomic E-state index is 12.9. The van der Waals surface area contributed by atoms with E-state index in [0.29, 0.717) is 11.1 Å². The summed E-state index contributed by atoms with van der Waals surface area (Å²) in [6, 6.07) is 17.0. The Kier molecular flexibility index (Phi) is 7.29. The van der Waals surface area contributed by atoms with Crippen LogP contribution in [-0.4, -0.2) is 38.6 Å². The maximum absolute atomic E-state index is 12.9. The molecule has 2 aromatic carbocycles. The van der Waals surface area contributed by atoms with Gasteiger partial charge in [-0.1, -0.05) is 48.0 Å². The standard InChI is InChI=1S/C20H21N3O4S/c1-15-6-5-7-16(12-15)14-28(26,27)18(20(25)22-11-10-21)13-23-19(24)17-8-3-2-4-9-17/h2-9,12,18H,11,13-14H2,1H3,(H,22,25)(H,23,24). The average Bonchev–Trinajstić information content (AvgIpc) is 2.66. The van der Waals surface area contributed by atoms with Crippen LogP contribution >= 0.6 is 0 Å². The van der Waals surface area contributed by atoms with Crippen LogP contribution in [0.4, 0.5) is 0 Å². The van der Waals surface area contributed by atoms with E-state index in [2.05, 4.69) is 10.6 Å². The average molecular weight is 399 g/mol. The number of nitrogens with zero attached hydrogens (tertiary/aromatic N) is 1. The van der Waals surface area contributed by atoms with E-state index in [0.717, 1.165) is 5.56 Å². The molecule has 2 rings (SSSR count). The first-order valence-electron chi connectivity index (χ1n) is 8.58. The fraction of sp³-hybridized carbons (Fsp3) is 0.250. The van der Waals surface area contributed by atoms with Gasteiger partial charge in [-0.25, -0.2) is 8.42 Å². The van der Waals surface area contributed by atoms with Gasteiger partial charge in [0.25, 0.3) is 5.91 Å². The largest absolute Gasteiger partial charge is 0.350 e. The molecule has 0 radical (unpaired) electrons. The number of carbonyl (C=O) groups is 2. The van der Waals surface area contributed by atoms with Crippen LogP contribution in [0.2, 0.25) is 0 Å². The minimum atomic E-state index is -3.94. The zero-order valence-electron chi connectivity index (χ0n) is 15.4. The molecule has 2 N–H and O–H groups in total. The van der Waals surface area contributed by atoms with Crippen LogP contribution < -0.4 is 10.6 Å². The molecule has 0 aliphatic heterocycles. The van der Waals surface area contributed by atoms with Gasteiger partial charge in [-0.15, -0.1) is 0 Å². The normalized spacial score (nSPS) is 11.9. The number of carbonyl (C=O) groups excluding carboxylic acids is 2. The number of amides is 2. The summed E-state index contributed by atoms with van der Waals surface area (Å²) in [5, 5.41) is 11.9. The van der Waals surface area contributed by atoms with E-state index in [1.807, 2.05) is 13.0 Å². The first-order valence-corrected chi connectivity index (χ1v) is 10.3. The highest BCUT2D eigenvalue weighted by molar-refractivity contribution is 7.92. The van der Waals surface area contributed by atoms with Crippen LogP contribution in [0.5, 0.6) is 0 Å². The molecular weight excluding hydrogens is 378 g/mol. The monoisotopic (exact) mass is 399 g/mol. The number of sulfone groups is 1. The van der Waals surface area contributed by atoms with Gasteiger partial charge < -0.3 is 10.6 Å². The molecule has 146 valence electrons. The van der Waals surface area contributed by atoms with Crippen LogP contribution in [0.1, 0.15) is 21.5 Å². The lowest BCUT2D eigenvalue weighted by Crippen LogP contribution is -2.47. The Morgan fingerprint density at radius 2 is 1.79 bits per heavy atom. The molecule has 0 saturated heterocycles. The third-order valence-electron chi connectivity index (χ3n) is 4.00. The van der Waals surface area contributed by atoms with Crippen LogP contribution in [0.15, 0.2) is 54.6 Å². The Morgan fingerprint density at radius 3 is 2.43 bits per heavy atom. The van der Waals surface area contributed by atoms with Crippen molar-refractivity contribution in [3.63, 3.8) is 0 Å². The van der Waals surface area contributed by atoms with Crippen molar-refractivity contribution in [2.45, 2.75) is 17.9 Å². The second-order valence-corrected chi connectivity index (χ2v) is 8.42. The lowest BCUT2D eigenvalue weighted by Gasteiger charge is -2.18. The number of rotatable bonds is 8. The molecule has 28 heavy (non-hydrogen) atoms. The lowest BCUT2D eigenvalue weighted by molar-refractivity contribution is -0.120. The fourth-order valence-electron chi connectivity index (χ4n) is 2.64. The number of aryl methyl sites for hydroxylation is 1. The highest BCUT2D eigenvalue weighted by Gasteiger charge is 2.33. The molecule has 0 spiro atoms. The Hall–Kier alpha value is -3.18. The van der Waals surface area contributed by atoms with Crippen molar-refractivity contribution in [3.8, 4) is 6.07 Å². The smallest absolute Gasteiger partial charge is 0.251 e. The minimum absolute atomic E-state index is 0.318. The number of hydrogen-bond acceptors (Lipinski definition) is 5. The van der Waals surface area contributed by atoms with E-state index in [4.69, 9.17) is 5.26 Å². The molecule has 0 bridgehead atoms. The third kappa shape index (κ3) is 5.93. The van der Waals surface area contributed by atoms with Gasteiger partial charge in [0.05, 0.1) is 11.8 Å². The molecule has 2 aromatic rings. The highest BCUT2D eigenvalue weighted by Crippen LogP contribution is 2.13. The van der Waals surface area contributed by atoms with Gasteiger partial charge >= 0.3 is 0 Å². The van der Waals surface area contributed by atoms with Crippen molar-refractivity contribution in [2.75, 3.05) is 13.1 Å². The van der Waals surface area contributed by atoms with Crippen molar-refractivity contribution >= 4 is 21.7 Å². The van der Waals surface area contributed by atoms with Crippen molar-refractivity contribution in [1.82, 2.24) is 10.6 Å². The summed E-state index contributed by atoms with van der Waals surface area (Å²) in [5.41, 5.74) is 1.80. The molecule has 1 unspecified atom stereocenters. The predicted octanol–water partition coefficient (Wildman–Crippen LogP) is 1.35. The summed E-state index contributed by atoms with van der Waals surface area (Å²) in [6.45, 7) is 1.13. The first kappa shape index (κ1) is 21.1. The quantitative estimate of drug-likeness (QED) is 0.650. The summed E-state index contributed by atoms with van der Waals surface area (Å²) in [7, 11) is -3.94. The number of benzene rings is 2. The van der Waals surface area contributed by atoms with Crippen LogP contribution in [0.3, 0.4) is 0 Å². The Bertz CT molecular complexity index is 982. The predicted molar refractivity (Wildman–Crippen MR) is 105 cm³/mol. The topological polar surface area (TPSA) is 116 Å². The van der Waals surface area contributed by atoms with Gasteiger partial charge in [0, 0.05) is 12.1 Å². The molecule has 0 heterocycles. The summed E-state index contributed by atoms with van der Waals surface area (Å²) in [6.07, 6.45) is 0. The second kappa shape index (κ2) is 9.67. The number of nitriles is 1. The van der Waals surface area contributed by atoms with Crippen molar-refractivity contribution < 1.29 is 18.0 Å². The van der Waals surface area contributed by atoms with E-state index in [9.17, 15) is 18.0 Å². The van der Waals surface area contributed by atoms with Crippen LogP contribution in [0, 0.1) is 18.3 Å². The SMILES string of the molecule is Cc1cccc(CS(=O)(=O)C(CNC(=O)c2ccccc2)C(=O)NCC#N)c1. The van der Waals surface area contributed by atoms with Gasteiger partial charge in [0.2, 0.25) is 5.91 Å². The Morgan fingerprint density at radius 1 is 1.07 bits per heavy atom. The van der Waals surface area contributed by atoms with Crippen molar-refractivity contribution in [1.29, 1.82) is 5.26 Å². The van der Waals surface area contributed by atoms with Gasteiger partial charge in [-0.3, -0.25) is 9.59 Å². The van der Waals surface area contributed by atoms with E-state index < -0.39 is 26.9 Å². The minimum Gasteiger partial charge on any atom is -0.350 e. The summed E-state index contributed by atoms with van der Waals surface area (Å²) in [5.74, 6) is -1.65. The van der Waals surface area contributed by atoms with Gasteiger partial charge in [0.1, 0.15) is 6.54 Å². The van der Waals surface area contributed by atoms with Gasteiger partial charge in [-0.2, -0.15) is 5.26 Å². The molecule has 7 nitrogen and oxygen atoms in total. The fourth-order valence-corrected chi connectivity index (χ4v) is 4.23. The summed E-state index contributed by atoms with van der Waals surface area (Å²) < 4.78 is 25.7. The van der Waals surface area contributed by atoms with E-state index in [1.165, 1.54) is 0 Å². The molecule has 8 heteroatoms. The molecule has 2 amide bonds. The van der Waals surface area contributed by atoms with Crippen molar-refractivity contribution in [2.24, 2.45) is 0 Å². The number of nitrogens with one attached hydrogen (secondary N) is 2. The maximum Gasteiger partial charge on any atom is 0.251 e. The van der Waals surface area contributed by atoms with E-state index in [1.54, 1.807) is 54.6 Å². The molecule has 0 saturated carbocycles. The number of hydrogen-bond donors (Lipinski definition) is 2. The molecule has 0 aliphatic carbocycles. The molecule has 0 fully saturated rings. The lowest BCUT2D eigenvalue weighted by atomic mass is 10.2. The van der Waals surface area contributed by atoms with Crippen LogP contribution in [-0.2, 0) is 20.4 Å². The molecule has 0 aliphatic rings. The second-order valence-electron chi connectivity index (χ2n) is 6.24. The first-order chi connectivity index (χ1) is 13.3. The zero-order chi connectivity index (χ0) is 20.6. The van der Waals surface area contributed by atoms with E-state index in [-0.39, 0.29) is 18.8 Å². The van der Waals surface area contributed by atoms with Crippen LogP contribution in [0.25, 0.3) is 0 Å². The molecular formula is C20H21N3O4S. The van der Waals surface area contributed by atoms with Gasteiger partial charge in [-0.05, 0) is 24.6 Å². The van der Waals surface area contributed by atoms with Crippen molar-refractivity contribution in [3.05, 3.63) is 71.3 Å². The molecule has 0 aromatic heterocycles. The third-order valence-corrected chi connectivity index (χ3v) is 5.99. The summed E-state index contributed by atoms with van der Waals surface area (Å²) >= 11 is 0. The van der Waals surface area contributed by atoms with Gasteiger partial charge in [0.15, 0.2) is 15.1 Å². The summed E-state index contributed by atoms with van der Waals surface area (Å²) in [4.78, 5) is 24.6. The molecule has 1 atom stereocenters. The Labute approximate surface area is 164 Å². The Balaban J connectivity index is 2.19. The highest BCUT2D eigenvalue weighted by atomic mass is 32.2. The zero-order valence-corrected chi connectivity index (χ0v) is 16.2. The van der Waals surface area contributed by atoms with E-state index >= 15 is 0 Å².